The second-order valence-electron chi connectivity index (χ2n) is 5.57. The number of pyridine rings is 2. The van der Waals surface area contributed by atoms with Crippen LogP contribution >= 0.6 is 31.1 Å². The number of aromatic nitrogens is 2. The maximum absolute atomic E-state index is 15.0. The molecule has 7 heteroatoms. The van der Waals surface area contributed by atoms with Crippen LogP contribution in [0.1, 0.15) is 5.69 Å². The Bertz CT molecular complexity index is 944. The van der Waals surface area contributed by atoms with Crippen molar-refractivity contribution in [2.75, 3.05) is 13.3 Å². The Hall–Kier alpha value is -1.35. The summed E-state index contributed by atoms with van der Waals surface area (Å²) in [5.74, 6) is -1.50. The van der Waals surface area contributed by atoms with E-state index in [0.29, 0.717) is 11.3 Å². The molecule has 0 aliphatic carbocycles. The van der Waals surface area contributed by atoms with Gasteiger partial charge in [-0.1, -0.05) is 37.2 Å². The molecule has 0 spiro atoms. The standard InChI is InChI=1S/C17H13Cl2F2N2P/c1-8-15(18)16(19)14-11(23-8)6-10(20)13(17(14)21)9-4-5-12(22-7-9)24(2)3/h4-7H,1-3H3. The zero-order valence-electron chi connectivity index (χ0n) is 13.2. The topological polar surface area (TPSA) is 25.8 Å². The minimum absolute atomic E-state index is 0.0148. The minimum atomic E-state index is -0.783. The third-order valence-corrected chi connectivity index (χ3v) is 5.83. The van der Waals surface area contributed by atoms with Gasteiger partial charge in [0.15, 0.2) is 0 Å². The summed E-state index contributed by atoms with van der Waals surface area (Å²) in [5.41, 5.74) is 1.64. The molecule has 0 amide bonds. The molecule has 0 radical (unpaired) electrons. The van der Waals surface area contributed by atoms with E-state index in [1.54, 1.807) is 19.1 Å². The van der Waals surface area contributed by atoms with E-state index in [9.17, 15) is 4.39 Å². The number of aryl methyl sites for hydroxylation is 1. The van der Waals surface area contributed by atoms with Gasteiger partial charge < -0.3 is 0 Å². The maximum Gasteiger partial charge on any atom is 0.144 e. The first-order valence-corrected chi connectivity index (χ1v) is 10.1. The lowest BCUT2D eigenvalue weighted by atomic mass is 10.0. The number of hydrogen-bond donors (Lipinski definition) is 0. The van der Waals surface area contributed by atoms with Crippen LogP contribution in [0.4, 0.5) is 8.78 Å². The van der Waals surface area contributed by atoms with Crippen molar-refractivity contribution in [2.45, 2.75) is 6.92 Å². The van der Waals surface area contributed by atoms with Gasteiger partial charge in [0.05, 0.1) is 37.6 Å². The SMILES string of the molecule is Cc1nc2cc(F)c(-c3ccc(P(C)C)nc3)c(F)c2c(Cl)c1Cl. The molecule has 0 bridgehead atoms. The van der Waals surface area contributed by atoms with E-state index in [1.165, 1.54) is 12.3 Å². The second kappa shape index (κ2) is 6.51. The summed E-state index contributed by atoms with van der Waals surface area (Å²) in [4.78, 5) is 8.41. The van der Waals surface area contributed by atoms with Crippen LogP contribution in [-0.4, -0.2) is 23.3 Å². The molecule has 0 unspecified atom stereocenters. The van der Waals surface area contributed by atoms with Crippen LogP contribution in [0.2, 0.25) is 10.0 Å². The Morgan fingerprint density at radius 3 is 2.38 bits per heavy atom. The average Bonchev–Trinajstić information content (AvgIpc) is 2.52. The fourth-order valence-corrected chi connectivity index (χ4v) is 3.58. The number of nitrogens with zero attached hydrogens (tertiary/aromatic N) is 2. The van der Waals surface area contributed by atoms with Crippen molar-refractivity contribution in [3.63, 3.8) is 0 Å². The van der Waals surface area contributed by atoms with E-state index in [2.05, 4.69) is 23.3 Å². The summed E-state index contributed by atoms with van der Waals surface area (Å²) in [6.45, 7) is 5.75. The first-order chi connectivity index (χ1) is 11.3. The molecular weight excluding hydrogens is 372 g/mol. The van der Waals surface area contributed by atoms with Gasteiger partial charge >= 0.3 is 0 Å². The fourth-order valence-electron chi connectivity index (χ4n) is 2.47. The Kier molecular flexibility index (Phi) is 4.74. The van der Waals surface area contributed by atoms with Gasteiger partial charge in [-0.05, 0) is 26.3 Å². The minimum Gasteiger partial charge on any atom is -0.256 e. The first kappa shape index (κ1) is 17.5. The van der Waals surface area contributed by atoms with E-state index in [0.717, 1.165) is 5.44 Å². The van der Waals surface area contributed by atoms with Crippen LogP contribution in [0.15, 0.2) is 24.4 Å². The Morgan fingerprint density at radius 1 is 1.08 bits per heavy atom. The van der Waals surface area contributed by atoms with Crippen LogP contribution in [0, 0.1) is 18.6 Å². The Balaban J connectivity index is 2.29. The lowest BCUT2D eigenvalue weighted by Gasteiger charge is -2.12. The zero-order valence-corrected chi connectivity index (χ0v) is 15.6. The predicted octanol–water partition coefficient (Wildman–Crippen LogP) is 5.56. The van der Waals surface area contributed by atoms with Crippen LogP contribution in [0.3, 0.4) is 0 Å². The highest BCUT2D eigenvalue weighted by Gasteiger charge is 2.21. The van der Waals surface area contributed by atoms with Crippen molar-refractivity contribution >= 4 is 47.5 Å². The van der Waals surface area contributed by atoms with Crippen molar-refractivity contribution in [1.82, 2.24) is 9.97 Å². The molecule has 0 aliphatic heterocycles. The van der Waals surface area contributed by atoms with Gasteiger partial charge in [-0.3, -0.25) is 9.97 Å². The van der Waals surface area contributed by atoms with Crippen molar-refractivity contribution in [2.24, 2.45) is 0 Å². The highest BCUT2D eigenvalue weighted by Crippen LogP contribution is 2.38. The van der Waals surface area contributed by atoms with Crippen LogP contribution in [0.5, 0.6) is 0 Å². The van der Waals surface area contributed by atoms with Gasteiger partial charge in [0.2, 0.25) is 0 Å². The molecule has 2 nitrogen and oxygen atoms in total. The summed E-state index contributed by atoms with van der Waals surface area (Å²) >= 11 is 12.2. The van der Waals surface area contributed by atoms with Crippen molar-refractivity contribution in [3.8, 4) is 11.1 Å². The third kappa shape index (κ3) is 2.88. The van der Waals surface area contributed by atoms with E-state index < -0.39 is 11.6 Å². The molecule has 0 fully saturated rings. The average molecular weight is 385 g/mol. The molecule has 1 aromatic carbocycles. The summed E-state index contributed by atoms with van der Waals surface area (Å²) in [7, 11) is -0.381. The van der Waals surface area contributed by atoms with Crippen molar-refractivity contribution in [3.05, 3.63) is 51.8 Å². The number of benzene rings is 1. The molecular formula is C17H13Cl2F2N2P. The van der Waals surface area contributed by atoms with E-state index in [1.807, 2.05) is 0 Å². The van der Waals surface area contributed by atoms with Crippen LogP contribution < -0.4 is 5.44 Å². The van der Waals surface area contributed by atoms with Crippen molar-refractivity contribution in [1.29, 1.82) is 0 Å². The van der Waals surface area contributed by atoms with Crippen LogP contribution in [-0.2, 0) is 0 Å². The molecule has 3 aromatic rings. The lowest BCUT2D eigenvalue weighted by Crippen LogP contribution is -2.05. The summed E-state index contributed by atoms with van der Waals surface area (Å²) < 4.78 is 29.5. The smallest absolute Gasteiger partial charge is 0.144 e. The molecule has 3 rings (SSSR count). The molecule has 0 N–H and O–H groups in total. The normalized spacial score (nSPS) is 11.5. The van der Waals surface area contributed by atoms with Crippen LogP contribution in [0.25, 0.3) is 22.0 Å². The third-order valence-electron chi connectivity index (χ3n) is 3.71. The van der Waals surface area contributed by atoms with Crippen molar-refractivity contribution < 1.29 is 8.78 Å². The molecule has 0 atom stereocenters. The molecule has 0 aliphatic rings. The fraction of sp³-hybridized carbons (Fsp3) is 0.176. The molecule has 2 heterocycles. The van der Waals surface area contributed by atoms with Gasteiger partial charge in [0, 0.05) is 17.8 Å². The zero-order chi connectivity index (χ0) is 17.6. The second-order valence-corrected chi connectivity index (χ2v) is 8.57. The van der Waals surface area contributed by atoms with Gasteiger partial charge in [-0.15, -0.1) is 0 Å². The Labute approximate surface area is 149 Å². The lowest BCUT2D eigenvalue weighted by molar-refractivity contribution is 0.597. The maximum atomic E-state index is 15.0. The summed E-state index contributed by atoms with van der Waals surface area (Å²) in [6, 6.07) is 4.62. The molecule has 24 heavy (non-hydrogen) atoms. The quantitative estimate of drug-likeness (QED) is 0.540. The molecule has 0 saturated heterocycles. The molecule has 0 saturated carbocycles. The van der Waals surface area contributed by atoms with E-state index >= 15 is 4.39 Å². The first-order valence-electron chi connectivity index (χ1n) is 7.08. The van der Waals surface area contributed by atoms with Gasteiger partial charge in [-0.25, -0.2) is 8.78 Å². The number of hydrogen-bond acceptors (Lipinski definition) is 2. The highest BCUT2D eigenvalue weighted by molar-refractivity contribution is 7.63. The predicted molar refractivity (Wildman–Crippen MR) is 98.0 cm³/mol. The van der Waals surface area contributed by atoms with Gasteiger partial charge in [0.1, 0.15) is 11.6 Å². The number of fused-ring (bicyclic) bond motifs is 1. The largest absolute Gasteiger partial charge is 0.256 e. The molecule has 124 valence electrons. The van der Waals surface area contributed by atoms with E-state index in [-0.39, 0.29) is 34.4 Å². The van der Waals surface area contributed by atoms with Gasteiger partial charge in [0.25, 0.3) is 0 Å². The summed E-state index contributed by atoms with van der Waals surface area (Å²) in [5, 5.41) is 0.214. The van der Waals surface area contributed by atoms with Gasteiger partial charge in [-0.2, -0.15) is 0 Å². The Morgan fingerprint density at radius 2 is 1.79 bits per heavy atom. The number of rotatable bonds is 2. The van der Waals surface area contributed by atoms with E-state index in [4.69, 9.17) is 23.2 Å². The highest BCUT2D eigenvalue weighted by atomic mass is 35.5. The summed E-state index contributed by atoms with van der Waals surface area (Å²) in [6.07, 6.45) is 1.47. The molecule has 2 aromatic heterocycles. The number of halogens is 4. The monoisotopic (exact) mass is 384 g/mol.